The first kappa shape index (κ1) is 21.4. The molecule has 0 aliphatic rings. The molecule has 0 unspecified atom stereocenters. The minimum absolute atomic E-state index is 0.340. The van der Waals surface area contributed by atoms with Crippen LogP contribution in [0.5, 0.6) is 0 Å². The van der Waals surface area contributed by atoms with E-state index in [1.165, 1.54) is 89.9 Å². The standard InChI is InChI=1S/C19H39NO2/c20-18-16-14-12-10-8-6-4-2-1-3-5-7-9-11-13-15-17-19(21)22/h1-18,20H2,(H,21,22). The Labute approximate surface area is 138 Å². The quantitative estimate of drug-likeness (QED) is 0.321. The van der Waals surface area contributed by atoms with Crippen molar-refractivity contribution in [3.05, 3.63) is 0 Å². The molecule has 0 atom stereocenters. The maximum Gasteiger partial charge on any atom is 0.303 e. The third-order valence-corrected chi connectivity index (χ3v) is 4.34. The SMILES string of the molecule is NCCCCCCCCCCCCCCCCCCC(=O)O. The molecule has 0 aliphatic heterocycles. The third-order valence-electron chi connectivity index (χ3n) is 4.34. The second-order valence-electron chi connectivity index (χ2n) is 6.59. The van der Waals surface area contributed by atoms with Crippen molar-refractivity contribution in [2.45, 2.75) is 109 Å². The maximum atomic E-state index is 10.4. The zero-order chi connectivity index (χ0) is 16.3. The number of hydrogen-bond acceptors (Lipinski definition) is 2. The molecule has 22 heavy (non-hydrogen) atoms. The molecule has 132 valence electrons. The molecule has 0 aliphatic carbocycles. The van der Waals surface area contributed by atoms with Crippen LogP contribution in [0.4, 0.5) is 0 Å². The van der Waals surface area contributed by atoms with Gasteiger partial charge in [0.25, 0.3) is 0 Å². The van der Waals surface area contributed by atoms with E-state index in [4.69, 9.17) is 10.8 Å². The van der Waals surface area contributed by atoms with Gasteiger partial charge >= 0.3 is 5.97 Å². The lowest BCUT2D eigenvalue weighted by Gasteiger charge is -2.03. The van der Waals surface area contributed by atoms with Crippen molar-refractivity contribution in [2.75, 3.05) is 6.54 Å². The molecular weight excluding hydrogens is 274 g/mol. The summed E-state index contributed by atoms with van der Waals surface area (Å²) in [5, 5.41) is 8.53. The van der Waals surface area contributed by atoms with Crippen LogP contribution in [0.1, 0.15) is 109 Å². The lowest BCUT2D eigenvalue weighted by atomic mass is 10.0. The molecule has 0 saturated heterocycles. The highest BCUT2D eigenvalue weighted by Crippen LogP contribution is 2.13. The first-order chi connectivity index (χ1) is 10.8. The van der Waals surface area contributed by atoms with E-state index in [1.54, 1.807) is 0 Å². The highest BCUT2D eigenvalue weighted by Gasteiger charge is 1.97. The number of hydrogen-bond donors (Lipinski definition) is 2. The Bertz CT molecular complexity index is 231. The fourth-order valence-electron chi connectivity index (χ4n) is 2.90. The van der Waals surface area contributed by atoms with Gasteiger partial charge in [-0.3, -0.25) is 4.79 Å². The minimum Gasteiger partial charge on any atom is -0.481 e. The van der Waals surface area contributed by atoms with E-state index >= 15 is 0 Å². The van der Waals surface area contributed by atoms with Gasteiger partial charge in [-0.1, -0.05) is 89.9 Å². The minimum atomic E-state index is -0.657. The average molecular weight is 314 g/mol. The highest BCUT2D eigenvalue weighted by atomic mass is 16.4. The van der Waals surface area contributed by atoms with Gasteiger partial charge in [0, 0.05) is 6.42 Å². The van der Waals surface area contributed by atoms with E-state index in [0.29, 0.717) is 6.42 Å². The van der Waals surface area contributed by atoms with Crippen LogP contribution in [0.3, 0.4) is 0 Å². The molecule has 0 heterocycles. The molecule has 3 heteroatoms. The second kappa shape index (κ2) is 18.5. The van der Waals surface area contributed by atoms with Gasteiger partial charge in [-0.2, -0.15) is 0 Å². The summed E-state index contributed by atoms with van der Waals surface area (Å²) in [4.78, 5) is 10.4. The fraction of sp³-hybridized carbons (Fsp3) is 0.947. The molecule has 0 aromatic heterocycles. The van der Waals surface area contributed by atoms with Gasteiger partial charge in [-0.15, -0.1) is 0 Å². The van der Waals surface area contributed by atoms with Crippen molar-refractivity contribution < 1.29 is 9.90 Å². The van der Waals surface area contributed by atoms with E-state index in [-0.39, 0.29) is 0 Å². The van der Waals surface area contributed by atoms with Crippen LogP contribution in [0.15, 0.2) is 0 Å². The molecule has 0 rings (SSSR count). The van der Waals surface area contributed by atoms with Crippen molar-refractivity contribution in [3.63, 3.8) is 0 Å². The zero-order valence-corrected chi connectivity index (χ0v) is 14.7. The number of rotatable bonds is 18. The number of carbonyl (C=O) groups is 1. The molecule has 0 radical (unpaired) electrons. The summed E-state index contributed by atoms with van der Waals surface area (Å²) in [5.41, 5.74) is 5.48. The van der Waals surface area contributed by atoms with E-state index in [1.807, 2.05) is 0 Å². The Morgan fingerprint density at radius 3 is 1.09 bits per heavy atom. The fourth-order valence-corrected chi connectivity index (χ4v) is 2.90. The topological polar surface area (TPSA) is 63.3 Å². The summed E-state index contributed by atoms with van der Waals surface area (Å²) >= 11 is 0. The summed E-state index contributed by atoms with van der Waals surface area (Å²) in [6, 6.07) is 0. The molecule has 0 amide bonds. The van der Waals surface area contributed by atoms with Crippen LogP contribution in [-0.2, 0) is 4.79 Å². The molecule has 0 fully saturated rings. The molecule has 0 saturated carbocycles. The van der Waals surface area contributed by atoms with Crippen molar-refractivity contribution in [1.29, 1.82) is 0 Å². The molecule has 0 spiro atoms. The zero-order valence-electron chi connectivity index (χ0n) is 14.7. The first-order valence-electron chi connectivity index (χ1n) is 9.69. The van der Waals surface area contributed by atoms with Crippen LogP contribution in [0, 0.1) is 0 Å². The Hall–Kier alpha value is -0.570. The lowest BCUT2D eigenvalue weighted by Crippen LogP contribution is -1.97. The summed E-state index contributed by atoms with van der Waals surface area (Å²) in [6.45, 7) is 0.850. The van der Waals surface area contributed by atoms with Crippen LogP contribution in [0.25, 0.3) is 0 Å². The summed E-state index contributed by atoms with van der Waals surface area (Å²) in [5.74, 6) is -0.657. The lowest BCUT2D eigenvalue weighted by molar-refractivity contribution is -0.137. The van der Waals surface area contributed by atoms with Crippen LogP contribution >= 0.6 is 0 Å². The number of carboxylic acids is 1. The number of aliphatic carboxylic acids is 1. The maximum absolute atomic E-state index is 10.4. The monoisotopic (exact) mass is 313 g/mol. The van der Waals surface area contributed by atoms with Gasteiger partial charge in [-0.05, 0) is 19.4 Å². The van der Waals surface area contributed by atoms with Crippen LogP contribution in [0.2, 0.25) is 0 Å². The Morgan fingerprint density at radius 1 is 0.545 bits per heavy atom. The van der Waals surface area contributed by atoms with Gasteiger partial charge in [-0.25, -0.2) is 0 Å². The molecule has 0 aromatic rings. The van der Waals surface area contributed by atoms with Gasteiger partial charge in [0.15, 0.2) is 0 Å². The number of unbranched alkanes of at least 4 members (excludes halogenated alkanes) is 15. The Kier molecular flexibility index (Phi) is 18.0. The van der Waals surface area contributed by atoms with Crippen molar-refractivity contribution in [1.82, 2.24) is 0 Å². The normalized spacial score (nSPS) is 11.0. The van der Waals surface area contributed by atoms with Crippen molar-refractivity contribution >= 4 is 5.97 Å². The number of nitrogens with two attached hydrogens (primary N) is 1. The van der Waals surface area contributed by atoms with Gasteiger partial charge in [0.2, 0.25) is 0 Å². The molecule has 3 N–H and O–H groups in total. The van der Waals surface area contributed by atoms with Crippen LogP contribution < -0.4 is 5.73 Å². The van der Waals surface area contributed by atoms with Gasteiger partial charge in [0.1, 0.15) is 0 Å². The molecule has 3 nitrogen and oxygen atoms in total. The van der Waals surface area contributed by atoms with Gasteiger partial charge in [0.05, 0.1) is 0 Å². The first-order valence-corrected chi connectivity index (χ1v) is 9.69. The van der Waals surface area contributed by atoms with Crippen molar-refractivity contribution in [2.24, 2.45) is 5.73 Å². The molecule has 0 bridgehead atoms. The van der Waals surface area contributed by atoms with Crippen LogP contribution in [-0.4, -0.2) is 17.6 Å². The summed E-state index contributed by atoms with van der Waals surface area (Å²) in [6.07, 6.45) is 21.1. The summed E-state index contributed by atoms with van der Waals surface area (Å²) in [7, 11) is 0. The predicted molar refractivity (Wildman–Crippen MR) is 95.2 cm³/mol. The van der Waals surface area contributed by atoms with Gasteiger partial charge < -0.3 is 10.8 Å². The van der Waals surface area contributed by atoms with E-state index in [0.717, 1.165) is 19.4 Å². The largest absolute Gasteiger partial charge is 0.481 e. The van der Waals surface area contributed by atoms with E-state index < -0.39 is 5.97 Å². The van der Waals surface area contributed by atoms with Crippen molar-refractivity contribution in [3.8, 4) is 0 Å². The smallest absolute Gasteiger partial charge is 0.303 e. The average Bonchev–Trinajstić information content (AvgIpc) is 2.50. The Balaban J connectivity index is 2.95. The van der Waals surface area contributed by atoms with E-state index in [2.05, 4.69) is 0 Å². The third kappa shape index (κ3) is 19.4. The van der Waals surface area contributed by atoms with E-state index in [9.17, 15) is 4.79 Å². The highest BCUT2D eigenvalue weighted by molar-refractivity contribution is 5.66. The predicted octanol–water partition coefficient (Wildman–Crippen LogP) is 5.66. The Morgan fingerprint density at radius 2 is 0.818 bits per heavy atom. The summed E-state index contributed by atoms with van der Waals surface area (Å²) < 4.78 is 0. The second-order valence-corrected chi connectivity index (χ2v) is 6.59. The molecular formula is C19H39NO2. The number of carboxylic acid groups (broad SMARTS) is 1. The molecule has 0 aromatic carbocycles.